The molecule has 0 aliphatic heterocycles. The molecule has 238 valence electrons. The Labute approximate surface area is 309 Å². The van der Waals surface area contributed by atoms with Gasteiger partial charge >= 0.3 is 26.2 Å². The van der Waals surface area contributed by atoms with Crippen molar-refractivity contribution in [3.8, 4) is 0 Å². The van der Waals surface area contributed by atoms with Gasteiger partial charge in [-0.3, -0.25) is 0 Å². The predicted octanol–water partition coefficient (Wildman–Crippen LogP) is 2.29. The van der Waals surface area contributed by atoms with Crippen LogP contribution in [0.15, 0.2) is 139 Å². The minimum Gasteiger partial charge on any atom is -1.00 e. The Hall–Kier alpha value is -1.74. The zero-order valence-corrected chi connectivity index (χ0v) is 31.9. The summed E-state index contributed by atoms with van der Waals surface area (Å²) in [6.07, 6.45) is 24.6. The Balaban J connectivity index is 0.00000160. The first-order valence-electron chi connectivity index (χ1n) is 16.8. The number of hydrogen-bond acceptors (Lipinski definition) is 1. The van der Waals surface area contributed by atoms with Crippen LogP contribution in [0.2, 0.25) is 0 Å². The van der Waals surface area contributed by atoms with Crippen LogP contribution in [0.4, 0.5) is 0 Å². The summed E-state index contributed by atoms with van der Waals surface area (Å²) in [5.41, 5.74) is 3.72. The van der Waals surface area contributed by atoms with Gasteiger partial charge in [0.05, 0.1) is 0 Å². The van der Waals surface area contributed by atoms with E-state index in [4.69, 9.17) is 4.43 Å². The van der Waals surface area contributed by atoms with Gasteiger partial charge in [-0.2, -0.15) is 0 Å². The molecular formula is C41H46Cl2OSiZr. The monoisotopic (exact) mass is 742 g/mol. The normalized spacial score (nSPS) is 24.2. The van der Waals surface area contributed by atoms with E-state index < -0.39 is 8.32 Å². The molecule has 0 radical (unpaired) electrons. The Morgan fingerprint density at radius 2 is 1.04 bits per heavy atom. The number of benzene rings is 3. The molecule has 5 heteroatoms. The van der Waals surface area contributed by atoms with Gasteiger partial charge in [-0.25, -0.2) is 0 Å². The van der Waals surface area contributed by atoms with E-state index in [1.54, 1.807) is 11.1 Å². The average molecular weight is 745 g/mol. The second-order valence-corrected chi connectivity index (χ2v) is 16.7. The van der Waals surface area contributed by atoms with Gasteiger partial charge in [0.25, 0.3) is 8.32 Å². The van der Waals surface area contributed by atoms with Crippen LogP contribution in [0, 0.1) is 29.1 Å². The van der Waals surface area contributed by atoms with E-state index >= 15 is 0 Å². The third-order valence-corrected chi connectivity index (χ3v) is 15.6. The van der Waals surface area contributed by atoms with Crippen molar-refractivity contribution in [3.63, 3.8) is 0 Å². The van der Waals surface area contributed by atoms with Gasteiger partial charge in [0.15, 0.2) is 0 Å². The fourth-order valence-electron chi connectivity index (χ4n) is 9.49. The summed E-state index contributed by atoms with van der Waals surface area (Å²) in [4.78, 5) is 0. The Morgan fingerprint density at radius 1 is 0.630 bits per heavy atom. The number of hydrogen-bond donors (Lipinski definition) is 0. The quantitative estimate of drug-likeness (QED) is 0.229. The largest absolute Gasteiger partial charge is 2.00 e. The molecule has 2 fully saturated rings. The average Bonchev–Trinajstić information content (AvgIpc) is 3.72. The standard InChI is InChI=1S/C41H46OSi.2ClH.Zr/c1-2-41(39-28-26-32-16-12-14-24-37(32)39,40-29-27-33-17-13-15-25-38(33)40)30-31-42-43(34-18-6-3-7-19-34,35-20-8-4-9-21-35)36-22-10-5-11-23-36;;;/h3-15,18-25,32-33,39-40H,2,16-17,26-31H2,1H3;2*1H;/q;;;+2/p-2. The molecule has 4 atom stereocenters. The topological polar surface area (TPSA) is 9.23 Å². The number of fused-ring (bicyclic) bond motifs is 2. The Kier molecular flexibility index (Phi) is 13.4. The zero-order valence-electron chi connectivity index (χ0n) is 27.0. The van der Waals surface area contributed by atoms with Gasteiger partial charge in [-0.05, 0) is 96.0 Å². The maximum Gasteiger partial charge on any atom is 2.00 e. The number of halogens is 2. The molecule has 7 rings (SSSR count). The van der Waals surface area contributed by atoms with E-state index in [0.29, 0.717) is 11.8 Å². The summed E-state index contributed by atoms with van der Waals surface area (Å²) in [7, 11) is -2.74. The maximum absolute atomic E-state index is 7.61. The molecule has 4 aliphatic carbocycles. The molecule has 0 aromatic heterocycles. The fourth-order valence-corrected chi connectivity index (χ4v) is 13.4. The molecule has 4 unspecified atom stereocenters. The second kappa shape index (κ2) is 16.6. The molecule has 1 nitrogen and oxygen atoms in total. The van der Waals surface area contributed by atoms with E-state index in [1.165, 1.54) is 60.5 Å². The summed E-state index contributed by atoms with van der Waals surface area (Å²) in [6.45, 7) is 3.28. The van der Waals surface area contributed by atoms with Gasteiger partial charge in [0, 0.05) is 6.61 Å². The molecule has 46 heavy (non-hydrogen) atoms. The molecular weight excluding hydrogens is 699 g/mol. The van der Waals surface area contributed by atoms with Gasteiger partial charge in [-0.15, -0.1) is 0 Å². The van der Waals surface area contributed by atoms with Crippen molar-refractivity contribution in [1.82, 2.24) is 0 Å². The van der Waals surface area contributed by atoms with Gasteiger partial charge in [-0.1, -0.05) is 146 Å². The van der Waals surface area contributed by atoms with Gasteiger partial charge in [0.1, 0.15) is 0 Å². The van der Waals surface area contributed by atoms with Crippen molar-refractivity contribution in [1.29, 1.82) is 0 Å². The van der Waals surface area contributed by atoms with Gasteiger partial charge < -0.3 is 29.2 Å². The molecule has 0 N–H and O–H groups in total. The van der Waals surface area contributed by atoms with E-state index in [0.717, 1.165) is 24.9 Å². The Bertz CT molecular complexity index is 1380. The van der Waals surface area contributed by atoms with Gasteiger partial charge in [0.2, 0.25) is 0 Å². The predicted molar refractivity (Wildman–Crippen MR) is 183 cm³/mol. The van der Waals surface area contributed by atoms with Crippen LogP contribution in [0.5, 0.6) is 0 Å². The fraction of sp³-hybridized carbons (Fsp3) is 0.366. The summed E-state index contributed by atoms with van der Waals surface area (Å²) >= 11 is 0. The smallest absolute Gasteiger partial charge is 1.00 e. The molecule has 3 aromatic carbocycles. The van der Waals surface area contributed by atoms with E-state index in [9.17, 15) is 0 Å². The molecule has 4 aliphatic rings. The summed E-state index contributed by atoms with van der Waals surface area (Å²) in [6, 6.07) is 33.4. The number of rotatable bonds is 10. The van der Waals surface area contributed by atoms with E-state index in [1.807, 2.05) is 0 Å². The van der Waals surface area contributed by atoms with Crippen molar-refractivity contribution < 1.29 is 55.4 Å². The summed E-state index contributed by atoms with van der Waals surface area (Å²) < 4.78 is 7.61. The van der Waals surface area contributed by atoms with Crippen LogP contribution in [0.3, 0.4) is 0 Å². The van der Waals surface area contributed by atoms with E-state index in [2.05, 4.69) is 134 Å². The van der Waals surface area contributed by atoms with Crippen LogP contribution < -0.4 is 40.4 Å². The first-order valence-corrected chi connectivity index (χ1v) is 18.7. The van der Waals surface area contributed by atoms with Crippen LogP contribution in [0.1, 0.15) is 58.3 Å². The molecule has 0 amide bonds. The molecule has 0 heterocycles. The molecule has 0 spiro atoms. The van der Waals surface area contributed by atoms with Crippen molar-refractivity contribution >= 4 is 23.9 Å². The van der Waals surface area contributed by atoms with E-state index in [-0.39, 0.29) is 56.4 Å². The van der Waals surface area contributed by atoms with Crippen LogP contribution >= 0.6 is 0 Å². The summed E-state index contributed by atoms with van der Waals surface area (Å²) in [5.74, 6) is 2.78. The van der Waals surface area contributed by atoms with Crippen LogP contribution in [0.25, 0.3) is 0 Å². The first kappa shape index (κ1) is 37.1. The molecule has 0 saturated heterocycles. The second-order valence-electron chi connectivity index (χ2n) is 13.3. The zero-order chi connectivity index (χ0) is 29.1. The van der Waals surface area contributed by atoms with Crippen molar-refractivity contribution in [3.05, 3.63) is 139 Å². The Morgan fingerprint density at radius 3 is 1.43 bits per heavy atom. The molecule has 2 saturated carbocycles. The SMILES string of the molecule is CCC(CCO[Si](c1ccccc1)(c1ccccc1)c1ccccc1)(C1CCC2CC=CC=C21)C1CCC2CC=CC=C21.[Cl-].[Cl-].[Zr+2]. The third-order valence-electron chi connectivity index (χ3n) is 11.5. The van der Waals surface area contributed by atoms with Crippen molar-refractivity contribution in [2.24, 2.45) is 29.1 Å². The minimum absolute atomic E-state index is 0. The van der Waals surface area contributed by atoms with Crippen LogP contribution in [-0.4, -0.2) is 14.9 Å². The van der Waals surface area contributed by atoms with Crippen LogP contribution in [-0.2, 0) is 30.6 Å². The van der Waals surface area contributed by atoms with Crippen molar-refractivity contribution in [2.45, 2.75) is 58.3 Å². The first-order chi connectivity index (χ1) is 21.3. The minimum atomic E-state index is -2.74. The number of allylic oxidation sites excluding steroid dienone is 8. The third kappa shape index (κ3) is 6.75. The maximum atomic E-state index is 7.61. The molecule has 3 aromatic rings. The molecule has 0 bridgehead atoms. The summed E-state index contributed by atoms with van der Waals surface area (Å²) in [5, 5.41) is 3.99. The van der Waals surface area contributed by atoms with Crippen molar-refractivity contribution in [2.75, 3.05) is 6.61 Å².